The third-order valence-electron chi connectivity index (χ3n) is 5.85. The van der Waals surface area contributed by atoms with Gasteiger partial charge in [-0.15, -0.1) is 0 Å². The molecular formula is C22H44O2. The van der Waals surface area contributed by atoms with Gasteiger partial charge in [0.05, 0.1) is 5.41 Å². The van der Waals surface area contributed by atoms with Crippen LogP contribution in [0.15, 0.2) is 0 Å². The molecule has 0 rings (SSSR count). The number of unbranched alkanes of at least 4 members (excludes halogenated alkanes) is 2. The Labute approximate surface area is 152 Å². The summed E-state index contributed by atoms with van der Waals surface area (Å²) < 4.78 is 6.12. The maximum Gasteiger partial charge on any atom is 0.312 e. The number of carbonyl (C=O) groups is 1. The van der Waals surface area contributed by atoms with Gasteiger partial charge in [-0.2, -0.15) is 0 Å². The summed E-state index contributed by atoms with van der Waals surface area (Å²) in [6.45, 7) is 19.8. The van der Waals surface area contributed by atoms with Crippen molar-refractivity contribution in [1.82, 2.24) is 0 Å². The van der Waals surface area contributed by atoms with E-state index in [0.717, 1.165) is 44.9 Å². The van der Waals surface area contributed by atoms with E-state index in [-0.39, 0.29) is 23.4 Å². The number of hydrogen-bond donors (Lipinski definition) is 0. The topological polar surface area (TPSA) is 26.3 Å². The molecule has 0 radical (unpaired) electrons. The molecule has 0 heterocycles. The lowest BCUT2D eigenvalue weighted by atomic mass is 9.59. The highest BCUT2D eigenvalue weighted by Gasteiger charge is 2.49. The van der Waals surface area contributed by atoms with Gasteiger partial charge in [0, 0.05) is 0 Å². The summed E-state index contributed by atoms with van der Waals surface area (Å²) in [5.41, 5.74) is -0.335. The molecule has 0 bridgehead atoms. The number of esters is 1. The fraction of sp³-hybridized carbons (Fsp3) is 0.955. The number of carbonyl (C=O) groups excluding carboxylic acids is 1. The second-order valence-corrected chi connectivity index (χ2v) is 9.08. The third-order valence-corrected chi connectivity index (χ3v) is 5.85. The molecule has 0 N–H and O–H groups in total. The van der Waals surface area contributed by atoms with Crippen LogP contribution in [0.5, 0.6) is 0 Å². The van der Waals surface area contributed by atoms with E-state index in [1.165, 1.54) is 0 Å². The van der Waals surface area contributed by atoms with Crippen molar-refractivity contribution in [3.8, 4) is 0 Å². The monoisotopic (exact) mass is 340 g/mol. The summed E-state index contributed by atoms with van der Waals surface area (Å²) in [7, 11) is 0. The van der Waals surface area contributed by atoms with Crippen LogP contribution < -0.4 is 0 Å². The Balaban J connectivity index is 5.37. The minimum Gasteiger partial charge on any atom is -0.462 e. The van der Waals surface area contributed by atoms with Crippen molar-refractivity contribution < 1.29 is 9.53 Å². The van der Waals surface area contributed by atoms with Crippen LogP contribution >= 0.6 is 0 Å². The Hall–Kier alpha value is -0.530. The van der Waals surface area contributed by atoms with E-state index in [1.54, 1.807) is 0 Å². The van der Waals surface area contributed by atoms with Crippen molar-refractivity contribution in [3.63, 3.8) is 0 Å². The molecule has 0 aliphatic carbocycles. The van der Waals surface area contributed by atoms with Crippen molar-refractivity contribution in [2.24, 2.45) is 22.7 Å². The van der Waals surface area contributed by atoms with Gasteiger partial charge in [-0.25, -0.2) is 0 Å². The quantitative estimate of drug-likeness (QED) is 0.378. The molecule has 2 nitrogen and oxygen atoms in total. The Morgan fingerprint density at radius 1 is 0.917 bits per heavy atom. The highest BCUT2D eigenvalue weighted by molar-refractivity contribution is 5.77. The zero-order valence-electron chi connectivity index (χ0n) is 18.0. The largest absolute Gasteiger partial charge is 0.462 e. The van der Waals surface area contributed by atoms with Crippen molar-refractivity contribution >= 4 is 5.97 Å². The van der Waals surface area contributed by atoms with Gasteiger partial charge >= 0.3 is 5.97 Å². The summed E-state index contributed by atoms with van der Waals surface area (Å²) in [6.07, 6.45) is 7.68. The molecular weight excluding hydrogens is 296 g/mol. The van der Waals surface area contributed by atoms with Crippen molar-refractivity contribution in [1.29, 1.82) is 0 Å². The van der Waals surface area contributed by atoms with E-state index < -0.39 is 5.41 Å². The molecule has 2 heteroatoms. The fourth-order valence-electron chi connectivity index (χ4n) is 4.12. The summed E-state index contributed by atoms with van der Waals surface area (Å²) in [5, 5.41) is 0. The molecule has 2 unspecified atom stereocenters. The molecule has 0 aliphatic heterocycles. The lowest BCUT2D eigenvalue weighted by molar-refractivity contribution is -0.172. The van der Waals surface area contributed by atoms with Crippen LogP contribution in [0.3, 0.4) is 0 Å². The Bertz CT molecular complexity index is 345. The highest BCUT2D eigenvalue weighted by atomic mass is 16.5. The fourth-order valence-corrected chi connectivity index (χ4v) is 4.12. The summed E-state index contributed by atoms with van der Waals surface area (Å²) in [5.74, 6) is 0.610. The lowest BCUT2D eigenvalue weighted by Crippen LogP contribution is -2.47. The van der Waals surface area contributed by atoms with Crippen LogP contribution in [0.4, 0.5) is 0 Å². The predicted octanol–water partition coefficient (Wildman–Crippen LogP) is 7.01. The van der Waals surface area contributed by atoms with Crippen molar-refractivity contribution in [2.45, 2.75) is 113 Å². The van der Waals surface area contributed by atoms with Gasteiger partial charge in [0.2, 0.25) is 0 Å². The molecule has 0 aromatic carbocycles. The Morgan fingerprint density at radius 3 is 1.67 bits per heavy atom. The summed E-state index contributed by atoms with van der Waals surface area (Å²) >= 11 is 0. The predicted molar refractivity (Wildman–Crippen MR) is 105 cm³/mol. The molecule has 0 saturated carbocycles. The highest BCUT2D eigenvalue weighted by Crippen LogP contribution is 2.48. The number of hydrogen-bond acceptors (Lipinski definition) is 2. The molecule has 2 atom stereocenters. The first-order valence-electron chi connectivity index (χ1n) is 10.3. The van der Waals surface area contributed by atoms with E-state index in [9.17, 15) is 4.79 Å². The first-order valence-corrected chi connectivity index (χ1v) is 10.3. The molecule has 24 heavy (non-hydrogen) atoms. The normalized spacial score (nSPS) is 16.3. The van der Waals surface area contributed by atoms with Crippen LogP contribution in [-0.4, -0.2) is 12.1 Å². The minimum absolute atomic E-state index is 0.0245. The maximum atomic E-state index is 13.3. The van der Waals surface area contributed by atoms with Crippen LogP contribution in [0.2, 0.25) is 0 Å². The van der Waals surface area contributed by atoms with Gasteiger partial charge in [-0.05, 0) is 37.0 Å². The summed E-state index contributed by atoms with van der Waals surface area (Å²) in [4.78, 5) is 13.3. The van der Waals surface area contributed by atoms with Crippen molar-refractivity contribution in [3.05, 3.63) is 0 Å². The van der Waals surface area contributed by atoms with Gasteiger partial charge < -0.3 is 4.74 Å². The van der Waals surface area contributed by atoms with Gasteiger partial charge in [0.25, 0.3) is 0 Å². The van der Waals surface area contributed by atoms with Crippen LogP contribution in [0.25, 0.3) is 0 Å². The van der Waals surface area contributed by atoms with Gasteiger partial charge in [0.15, 0.2) is 0 Å². The molecule has 0 aromatic rings. The molecule has 144 valence electrons. The SMILES string of the molecule is CCCCC(CCCC)OC(=O)C(C)(C(C)C)C(CC)C(C)(C)C. The first kappa shape index (κ1) is 23.5. The zero-order valence-corrected chi connectivity index (χ0v) is 18.0. The van der Waals surface area contributed by atoms with Crippen molar-refractivity contribution in [2.75, 3.05) is 0 Å². The summed E-state index contributed by atoms with van der Waals surface area (Å²) in [6, 6.07) is 0. The average Bonchev–Trinajstić information content (AvgIpc) is 2.48. The molecule has 0 aliphatic rings. The average molecular weight is 341 g/mol. The van der Waals surface area contributed by atoms with E-state index >= 15 is 0 Å². The second-order valence-electron chi connectivity index (χ2n) is 9.08. The Morgan fingerprint density at radius 2 is 1.38 bits per heavy atom. The van der Waals surface area contributed by atoms with Gasteiger partial charge in [-0.1, -0.05) is 87.5 Å². The van der Waals surface area contributed by atoms with E-state index in [2.05, 4.69) is 62.3 Å². The lowest BCUT2D eigenvalue weighted by Gasteiger charge is -2.46. The zero-order chi connectivity index (χ0) is 19.0. The standard InChI is InChI=1S/C22H44O2/c1-10-13-15-18(16-14-11-2)24-20(23)22(9,17(4)5)19(12-3)21(6,7)8/h17-19H,10-16H2,1-9H3. The van der Waals surface area contributed by atoms with Gasteiger partial charge in [-0.3, -0.25) is 4.79 Å². The first-order chi connectivity index (χ1) is 11.0. The van der Waals surface area contributed by atoms with E-state index in [0.29, 0.717) is 5.92 Å². The Kier molecular flexibility index (Phi) is 10.2. The van der Waals surface area contributed by atoms with E-state index in [1.807, 2.05) is 0 Å². The molecule has 0 amide bonds. The molecule has 0 aromatic heterocycles. The smallest absolute Gasteiger partial charge is 0.312 e. The number of ether oxygens (including phenoxy) is 1. The molecule has 0 spiro atoms. The van der Waals surface area contributed by atoms with Gasteiger partial charge in [0.1, 0.15) is 6.10 Å². The molecule has 0 saturated heterocycles. The van der Waals surface area contributed by atoms with Crippen LogP contribution in [-0.2, 0) is 9.53 Å². The van der Waals surface area contributed by atoms with Crippen LogP contribution in [0, 0.1) is 22.7 Å². The van der Waals surface area contributed by atoms with Crippen LogP contribution in [0.1, 0.15) is 107 Å². The number of rotatable bonds is 11. The van der Waals surface area contributed by atoms with E-state index in [4.69, 9.17) is 4.74 Å². The second kappa shape index (κ2) is 10.5. The maximum absolute atomic E-state index is 13.3. The minimum atomic E-state index is -0.427. The third kappa shape index (κ3) is 6.41. The molecule has 0 fully saturated rings.